The lowest BCUT2D eigenvalue weighted by molar-refractivity contribution is 0.125. The molecule has 3 nitrogen and oxygen atoms in total. The molecule has 2 N–H and O–H groups in total. The number of hydrogen-bond acceptors (Lipinski definition) is 2. The molecule has 0 aliphatic heterocycles. The molecule has 0 fully saturated rings. The summed E-state index contributed by atoms with van der Waals surface area (Å²) in [7, 11) is 0. The zero-order valence-electron chi connectivity index (χ0n) is 47.7. The van der Waals surface area contributed by atoms with E-state index in [2.05, 4.69) is 27.7 Å². The molecule has 0 atom stereocenters. The van der Waals surface area contributed by atoms with E-state index in [1.54, 1.807) is 0 Å². The van der Waals surface area contributed by atoms with Crippen molar-refractivity contribution in [1.82, 2.24) is 0 Å². The van der Waals surface area contributed by atoms with Crippen LogP contribution in [0.25, 0.3) is 0 Å². The van der Waals surface area contributed by atoms with Gasteiger partial charge in [-0.1, -0.05) is 362 Å². The van der Waals surface area contributed by atoms with Crippen LogP contribution in [0.15, 0.2) is 0 Å². The molecule has 0 radical (unpaired) electrons. The van der Waals surface area contributed by atoms with Crippen molar-refractivity contribution in [3.63, 3.8) is 0 Å². The molecule has 0 saturated heterocycles. The second-order valence-corrected chi connectivity index (χ2v) is 21.6. The third-order valence-corrected chi connectivity index (χ3v) is 14.6. The van der Waals surface area contributed by atoms with Crippen molar-refractivity contribution in [2.24, 2.45) is 0 Å². The second-order valence-electron chi connectivity index (χ2n) is 21.6. The van der Waals surface area contributed by atoms with E-state index in [9.17, 15) is 0 Å². The Morgan fingerprint density at radius 1 is 0.134 bits per heavy atom. The van der Waals surface area contributed by atoms with Crippen LogP contribution in [0.2, 0.25) is 0 Å². The number of ether oxygens (including phenoxy) is 2. The fourth-order valence-corrected chi connectivity index (χ4v) is 9.80. The maximum absolute atomic E-state index is 5.85. The molecular formula is C64H134O3. The number of unbranched alkanes of at least 4 members (excludes halogenated alkanes) is 52. The minimum atomic E-state index is 0. The first kappa shape index (κ1) is 71.1. The van der Waals surface area contributed by atoms with E-state index in [0.717, 1.165) is 26.4 Å². The van der Waals surface area contributed by atoms with Gasteiger partial charge >= 0.3 is 0 Å². The lowest BCUT2D eigenvalue weighted by Crippen LogP contribution is -1.97. The zero-order valence-corrected chi connectivity index (χ0v) is 47.7. The topological polar surface area (TPSA) is 50.0 Å². The van der Waals surface area contributed by atoms with Gasteiger partial charge in [0.15, 0.2) is 0 Å². The molecule has 0 aliphatic rings. The van der Waals surface area contributed by atoms with Crippen molar-refractivity contribution in [3.8, 4) is 0 Å². The average Bonchev–Trinajstić information content (AvgIpc) is 3.33. The Balaban J connectivity index is -0.00000120. The Labute approximate surface area is 426 Å². The van der Waals surface area contributed by atoms with Crippen LogP contribution >= 0.6 is 0 Å². The lowest BCUT2D eigenvalue weighted by Gasteiger charge is -2.05. The minimum Gasteiger partial charge on any atom is -0.412 e. The van der Waals surface area contributed by atoms with Crippen molar-refractivity contribution < 1.29 is 14.9 Å². The second kappa shape index (κ2) is 72.4. The summed E-state index contributed by atoms with van der Waals surface area (Å²) in [5, 5.41) is 0. The smallest absolute Gasteiger partial charge is 0.0466 e. The highest BCUT2D eigenvalue weighted by Gasteiger charge is 1.99. The molecule has 0 spiro atoms. The van der Waals surface area contributed by atoms with E-state index in [-0.39, 0.29) is 5.48 Å². The molecule has 0 amide bonds. The average molecular weight is 952 g/mol. The fraction of sp³-hybridized carbons (Fsp3) is 1.00. The van der Waals surface area contributed by atoms with Gasteiger partial charge in [-0.05, 0) is 25.7 Å². The molecule has 0 aliphatic carbocycles. The largest absolute Gasteiger partial charge is 0.412 e. The first-order valence-corrected chi connectivity index (χ1v) is 32.0. The number of hydrogen-bond donors (Lipinski definition) is 0. The number of rotatable bonds is 60. The third-order valence-electron chi connectivity index (χ3n) is 14.6. The highest BCUT2D eigenvalue weighted by atomic mass is 16.5. The molecule has 0 saturated carbocycles. The van der Waals surface area contributed by atoms with E-state index >= 15 is 0 Å². The van der Waals surface area contributed by atoms with Gasteiger partial charge in [0.25, 0.3) is 0 Å². The van der Waals surface area contributed by atoms with Gasteiger partial charge in [-0.2, -0.15) is 0 Å². The Morgan fingerprint density at radius 3 is 0.328 bits per heavy atom. The predicted molar refractivity (Wildman–Crippen MR) is 306 cm³/mol. The van der Waals surface area contributed by atoms with Gasteiger partial charge < -0.3 is 14.9 Å². The maximum atomic E-state index is 5.85. The summed E-state index contributed by atoms with van der Waals surface area (Å²) in [6.45, 7) is 13.2. The van der Waals surface area contributed by atoms with Gasteiger partial charge in [0, 0.05) is 26.4 Å². The van der Waals surface area contributed by atoms with Crippen molar-refractivity contribution in [2.45, 2.75) is 387 Å². The molecular weight excluding hydrogens is 817 g/mol. The van der Waals surface area contributed by atoms with Crippen LogP contribution in [-0.2, 0) is 9.47 Å². The Bertz CT molecular complexity index is 634. The highest BCUT2D eigenvalue weighted by Crippen LogP contribution is 2.17. The molecule has 67 heavy (non-hydrogen) atoms. The SMILES string of the molecule is CCCCCCCCCCCCCCCCOCCCCCCCCCCCCCCCC.CCCCCCCCCCCCCCCCOCCCCCCCCCCCCCCCC.O. The van der Waals surface area contributed by atoms with E-state index in [1.807, 2.05) is 0 Å². The van der Waals surface area contributed by atoms with Gasteiger partial charge in [-0.15, -0.1) is 0 Å². The Morgan fingerprint density at radius 2 is 0.224 bits per heavy atom. The summed E-state index contributed by atoms with van der Waals surface area (Å²) in [4.78, 5) is 0. The maximum Gasteiger partial charge on any atom is 0.0466 e. The summed E-state index contributed by atoms with van der Waals surface area (Å²) in [5.41, 5.74) is 0. The first-order valence-electron chi connectivity index (χ1n) is 32.0. The van der Waals surface area contributed by atoms with E-state index in [0.29, 0.717) is 0 Å². The van der Waals surface area contributed by atoms with Crippen LogP contribution in [-0.4, -0.2) is 31.9 Å². The highest BCUT2D eigenvalue weighted by molar-refractivity contribution is 4.54. The van der Waals surface area contributed by atoms with Crippen molar-refractivity contribution >= 4 is 0 Å². The minimum absolute atomic E-state index is 0. The van der Waals surface area contributed by atoms with Gasteiger partial charge in [0.05, 0.1) is 0 Å². The van der Waals surface area contributed by atoms with Gasteiger partial charge in [0.2, 0.25) is 0 Å². The molecule has 0 bridgehead atoms. The molecule has 0 rings (SSSR count). The molecule has 0 aromatic heterocycles. The van der Waals surface area contributed by atoms with Crippen molar-refractivity contribution in [2.75, 3.05) is 26.4 Å². The molecule has 0 aromatic carbocycles. The van der Waals surface area contributed by atoms with Crippen LogP contribution in [0, 0.1) is 0 Å². The summed E-state index contributed by atoms with van der Waals surface area (Å²) >= 11 is 0. The molecule has 408 valence electrons. The molecule has 3 heteroatoms. The van der Waals surface area contributed by atoms with E-state index in [4.69, 9.17) is 9.47 Å². The zero-order chi connectivity index (χ0) is 47.8. The normalized spacial score (nSPS) is 11.3. The van der Waals surface area contributed by atoms with E-state index < -0.39 is 0 Å². The van der Waals surface area contributed by atoms with Crippen LogP contribution in [0.5, 0.6) is 0 Å². The van der Waals surface area contributed by atoms with Crippen LogP contribution in [0.4, 0.5) is 0 Å². The summed E-state index contributed by atoms with van der Waals surface area (Å²) < 4.78 is 11.7. The van der Waals surface area contributed by atoms with Crippen molar-refractivity contribution in [3.05, 3.63) is 0 Å². The van der Waals surface area contributed by atoms with Gasteiger partial charge in [-0.25, -0.2) is 0 Å². The monoisotopic (exact) mass is 951 g/mol. The summed E-state index contributed by atoms with van der Waals surface area (Å²) in [5.74, 6) is 0. The van der Waals surface area contributed by atoms with Crippen LogP contribution in [0.3, 0.4) is 0 Å². The van der Waals surface area contributed by atoms with Gasteiger partial charge in [0.1, 0.15) is 0 Å². The quantitative estimate of drug-likeness (QED) is 0.0571. The Kier molecular flexibility index (Phi) is 76.9. The Hall–Kier alpha value is -0.120. The first-order chi connectivity index (χ1) is 32.8. The van der Waals surface area contributed by atoms with Crippen molar-refractivity contribution in [1.29, 1.82) is 0 Å². The third kappa shape index (κ3) is 75.0. The van der Waals surface area contributed by atoms with Crippen LogP contribution in [0.1, 0.15) is 387 Å². The van der Waals surface area contributed by atoms with Crippen LogP contribution < -0.4 is 0 Å². The lowest BCUT2D eigenvalue weighted by atomic mass is 10.0. The molecule has 0 heterocycles. The van der Waals surface area contributed by atoms with Gasteiger partial charge in [-0.3, -0.25) is 0 Å². The van der Waals surface area contributed by atoms with E-state index in [1.165, 1.54) is 360 Å². The molecule has 0 unspecified atom stereocenters. The standard InChI is InChI=1S/2C32H66O.H2O/c2*1-3-5-7-9-11-13-15-17-19-21-23-25-27-29-31-33-32-30-28-26-24-22-20-18-16-14-12-10-8-6-4-2;/h2*3-32H2,1-2H3;1H2. The molecule has 0 aromatic rings. The predicted octanol–water partition coefficient (Wildman–Crippen LogP) is 23.1. The summed E-state index contributed by atoms with van der Waals surface area (Å²) in [6.07, 6.45) is 80.1. The fourth-order valence-electron chi connectivity index (χ4n) is 9.80. The summed E-state index contributed by atoms with van der Waals surface area (Å²) in [6, 6.07) is 0.